The van der Waals surface area contributed by atoms with Gasteiger partial charge in [-0.25, -0.2) is 13.4 Å². The quantitative estimate of drug-likeness (QED) is 0.838. The van der Waals surface area contributed by atoms with Gasteiger partial charge in [-0.15, -0.1) is 11.3 Å². The van der Waals surface area contributed by atoms with E-state index in [2.05, 4.69) is 9.71 Å². The Morgan fingerprint density at radius 2 is 2.07 bits per heavy atom. The number of fused-ring (bicyclic) bond motifs is 1. The van der Waals surface area contributed by atoms with Gasteiger partial charge in [0.15, 0.2) is 5.13 Å². The van der Waals surface area contributed by atoms with Crippen LogP contribution in [-0.4, -0.2) is 19.7 Å². The van der Waals surface area contributed by atoms with Gasteiger partial charge in [-0.2, -0.15) is 0 Å². The Morgan fingerprint density at radius 3 is 2.71 bits per heavy atom. The number of aryl methyl sites for hydroxylation is 2. The number of nitrogens with one attached hydrogen (secondary N) is 1. The molecule has 0 fully saturated rings. The van der Waals surface area contributed by atoms with Gasteiger partial charge < -0.3 is 0 Å². The molecule has 1 aromatic heterocycles. The van der Waals surface area contributed by atoms with Gasteiger partial charge in [0.1, 0.15) is 0 Å². The van der Waals surface area contributed by atoms with E-state index in [1.54, 1.807) is 0 Å². The van der Waals surface area contributed by atoms with Crippen molar-refractivity contribution in [2.75, 3.05) is 11.0 Å². The third-order valence-electron chi connectivity index (χ3n) is 2.12. The van der Waals surface area contributed by atoms with E-state index in [1.807, 2.05) is 0 Å². The molecule has 1 heterocycles. The van der Waals surface area contributed by atoms with E-state index < -0.39 is 10.0 Å². The van der Waals surface area contributed by atoms with Crippen LogP contribution in [0.5, 0.6) is 0 Å². The monoisotopic (exact) mass is 232 g/mol. The highest BCUT2D eigenvalue weighted by Gasteiger charge is 2.16. The second-order valence-corrected chi connectivity index (χ2v) is 6.30. The molecule has 0 radical (unpaired) electrons. The van der Waals surface area contributed by atoms with Crippen LogP contribution < -0.4 is 4.72 Å². The summed E-state index contributed by atoms with van der Waals surface area (Å²) < 4.78 is 24.4. The molecule has 1 aromatic rings. The summed E-state index contributed by atoms with van der Waals surface area (Å²) in [6.07, 6.45) is 5.52. The smallest absolute Gasteiger partial charge is 0.231 e. The molecular formula is C8H12N2O2S2. The third-order valence-corrected chi connectivity index (χ3v) is 3.88. The van der Waals surface area contributed by atoms with Crippen LogP contribution in [0.1, 0.15) is 23.4 Å². The first-order valence-electron chi connectivity index (χ1n) is 4.51. The van der Waals surface area contributed by atoms with Crippen LogP contribution in [0, 0.1) is 0 Å². The minimum absolute atomic E-state index is 0.513. The maximum atomic E-state index is 11.0. The van der Waals surface area contributed by atoms with Crippen LogP contribution in [0.4, 0.5) is 5.13 Å². The Kier molecular flexibility index (Phi) is 2.48. The third kappa shape index (κ3) is 2.24. The number of hydrogen-bond acceptors (Lipinski definition) is 4. The van der Waals surface area contributed by atoms with Crippen molar-refractivity contribution < 1.29 is 8.42 Å². The van der Waals surface area contributed by atoms with Crippen LogP contribution in [0.2, 0.25) is 0 Å². The molecule has 1 aliphatic rings. The zero-order valence-electron chi connectivity index (χ0n) is 7.91. The molecule has 0 saturated heterocycles. The molecule has 6 heteroatoms. The average molecular weight is 232 g/mol. The number of thiazole rings is 1. The van der Waals surface area contributed by atoms with Gasteiger partial charge in [-0.3, -0.25) is 4.72 Å². The van der Waals surface area contributed by atoms with Gasteiger partial charge in [0.2, 0.25) is 10.0 Å². The van der Waals surface area contributed by atoms with Gasteiger partial charge in [0.25, 0.3) is 0 Å². The highest BCUT2D eigenvalue weighted by atomic mass is 32.2. The molecule has 4 nitrogen and oxygen atoms in total. The van der Waals surface area contributed by atoms with Crippen LogP contribution in [0.15, 0.2) is 0 Å². The van der Waals surface area contributed by atoms with Crippen LogP contribution >= 0.6 is 11.3 Å². The van der Waals surface area contributed by atoms with Crippen LogP contribution in [-0.2, 0) is 22.9 Å². The molecule has 14 heavy (non-hydrogen) atoms. The van der Waals surface area contributed by atoms with Crippen molar-refractivity contribution in [3.8, 4) is 0 Å². The van der Waals surface area contributed by atoms with Gasteiger partial charge in [0.05, 0.1) is 11.9 Å². The molecular weight excluding hydrogens is 220 g/mol. The van der Waals surface area contributed by atoms with Crippen molar-refractivity contribution in [1.29, 1.82) is 0 Å². The van der Waals surface area contributed by atoms with Crippen molar-refractivity contribution in [2.24, 2.45) is 0 Å². The van der Waals surface area contributed by atoms with Crippen LogP contribution in [0.3, 0.4) is 0 Å². The summed E-state index contributed by atoms with van der Waals surface area (Å²) in [5, 5.41) is 0.513. The topological polar surface area (TPSA) is 59.1 Å². The van der Waals surface area contributed by atoms with Gasteiger partial charge in [-0.05, 0) is 25.7 Å². The number of sulfonamides is 1. The highest BCUT2D eigenvalue weighted by molar-refractivity contribution is 7.92. The Balaban J connectivity index is 2.24. The summed E-state index contributed by atoms with van der Waals surface area (Å²) in [6.45, 7) is 0. The van der Waals surface area contributed by atoms with Crippen molar-refractivity contribution in [3.05, 3.63) is 10.6 Å². The Hall–Kier alpha value is -0.620. The summed E-state index contributed by atoms with van der Waals surface area (Å²) in [5.41, 5.74) is 1.08. The molecule has 0 unspecified atom stereocenters. The van der Waals surface area contributed by atoms with Crippen molar-refractivity contribution in [1.82, 2.24) is 4.98 Å². The highest BCUT2D eigenvalue weighted by Crippen LogP contribution is 2.29. The van der Waals surface area contributed by atoms with E-state index in [4.69, 9.17) is 0 Å². The van der Waals surface area contributed by atoms with Gasteiger partial charge in [-0.1, -0.05) is 0 Å². The predicted octanol–water partition coefficient (Wildman–Crippen LogP) is 1.39. The maximum Gasteiger partial charge on any atom is 0.231 e. The number of hydrogen-bond donors (Lipinski definition) is 1. The average Bonchev–Trinajstić information content (AvgIpc) is 2.42. The molecule has 0 saturated carbocycles. The van der Waals surface area contributed by atoms with E-state index in [-0.39, 0.29) is 0 Å². The van der Waals surface area contributed by atoms with E-state index in [9.17, 15) is 8.42 Å². The van der Waals surface area contributed by atoms with Crippen molar-refractivity contribution >= 4 is 26.5 Å². The van der Waals surface area contributed by atoms with E-state index in [1.165, 1.54) is 22.6 Å². The minimum atomic E-state index is -3.18. The van der Waals surface area contributed by atoms with Gasteiger partial charge >= 0.3 is 0 Å². The molecule has 0 aromatic carbocycles. The zero-order valence-corrected chi connectivity index (χ0v) is 9.54. The maximum absolute atomic E-state index is 11.0. The summed E-state index contributed by atoms with van der Waals surface area (Å²) >= 11 is 1.46. The number of anilines is 1. The standard InChI is InChI=1S/C8H12N2O2S2/c1-14(11,12)10-8-9-6-4-2-3-5-7(6)13-8/h2-5H2,1H3,(H,9,10). The molecule has 0 bridgehead atoms. The first-order chi connectivity index (χ1) is 6.54. The molecule has 0 aliphatic heterocycles. The van der Waals surface area contributed by atoms with E-state index >= 15 is 0 Å². The van der Waals surface area contributed by atoms with Gasteiger partial charge in [0, 0.05) is 4.88 Å². The Morgan fingerprint density at radius 1 is 1.36 bits per heavy atom. The summed E-state index contributed by atoms with van der Waals surface area (Å²) in [6, 6.07) is 0. The number of rotatable bonds is 2. The summed E-state index contributed by atoms with van der Waals surface area (Å²) in [4.78, 5) is 5.50. The molecule has 2 rings (SSSR count). The Labute approximate surface area is 87.4 Å². The molecule has 0 atom stereocenters. The largest absolute Gasteiger partial charge is 0.259 e. The lowest BCUT2D eigenvalue weighted by molar-refractivity contribution is 0.606. The first kappa shape index (κ1) is 9.92. The van der Waals surface area contributed by atoms with Crippen molar-refractivity contribution in [2.45, 2.75) is 25.7 Å². The fourth-order valence-corrected chi connectivity index (χ4v) is 3.44. The first-order valence-corrected chi connectivity index (χ1v) is 7.22. The Bertz CT molecular complexity index is 413. The normalized spacial score (nSPS) is 16.4. The van der Waals surface area contributed by atoms with Crippen molar-refractivity contribution in [3.63, 3.8) is 0 Å². The predicted molar refractivity (Wildman–Crippen MR) is 57.2 cm³/mol. The zero-order chi connectivity index (χ0) is 10.2. The lowest BCUT2D eigenvalue weighted by atomic mass is 10.0. The fraction of sp³-hybridized carbons (Fsp3) is 0.625. The molecule has 0 amide bonds. The summed E-state index contributed by atoms with van der Waals surface area (Å²) in [7, 11) is -3.18. The second-order valence-electron chi connectivity index (χ2n) is 3.47. The van der Waals surface area contributed by atoms with E-state index in [0.717, 1.165) is 31.2 Å². The minimum Gasteiger partial charge on any atom is -0.259 e. The van der Waals surface area contributed by atoms with E-state index in [0.29, 0.717) is 5.13 Å². The lowest BCUT2D eigenvalue weighted by Crippen LogP contribution is -2.09. The fourth-order valence-electron chi connectivity index (χ4n) is 1.55. The molecule has 78 valence electrons. The lowest BCUT2D eigenvalue weighted by Gasteiger charge is -2.06. The van der Waals surface area contributed by atoms with Crippen LogP contribution in [0.25, 0.3) is 0 Å². The number of aromatic nitrogens is 1. The SMILES string of the molecule is CS(=O)(=O)Nc1nc2c(s1)CCCC2. The molecule has 1 aliphatic carbocycles. The second kappa shape index (κ2) is 3.51. The number of nitrogens with zero attached hydrogens (tertiary/aromatic N) is 1. The molecule has 1 N–H and O–H groups in total. The molecule has 0 spiro atoms. The summed E-state index contributed by atoms with van der Waals surface area (Å²) in [5.74, 6) is 0.